The SMILES string of the molecule is N#CC[C@H]1CC[C@H](n2c(CC(=O)N3CCC[C@H]3CO)nc3cnc4[nH]ccc4c32)CC1. The van der Waals surface area contributed by atoms with Crippen LogP contribution in [0.25, 0.3) is 22.1 Å². The second-order valence-corrected chi connectivity index (χ2v) is 8.91. The first-order valence-electron chi connectivity index (χ1n) is 11.3. The second-order valence-electron chi connectivity index (χ2n) is 8.91. The number of hydrogen-bond acceptors (Lipinski definition) is 5. The van der Waals surface area contributed by atoms with Crippen LogP contribution in [0.2, 0.25) is 0 Å². The lowest BCUT2D eigenvalue weighted by atomic mass is 9.84. The summed E-state index contributed by atoms with van der Waals surface area (Å²) in [5.74, 6) is 1.28. The maximum absolute atomic E-state index is 13.2. The quantitative estimate of drug-likeness (QED) is 0.659. The number of aliphatic hydroxyl groups is 1. The molecule has 3 aromatic heterocycles. The molecule has 1 atom stereocenters. The Kier molecular flexibility index (Phi) is 5.36. The number of likely N-dealkylation sites (tertiary alicyclic amines) is 1. The highest BCUT2D eigenvalue weighted by molar-refractivity contribution is 6.01. The Morgan fingerprint density at radius 3 is 2.90 bits per heavy atom. The molecule has 0 unspecified atom stereocenters. The van der Waals surface area contributed by atoms with Gasteiger partial charge in [0.25, 0.3) is 0 Å². The van der Waals surface area contributed by atoms with Crippen molar-refractivity contribution >= 4 is 28.0 Å². The smallest absolute Gasteiger partial charge is 0.230 e. The minimum absolute atomic E-state index is 0.0129. The third kappa shape index (κ3) is 3.57. The zero-order valence-corrected chi connectivity index (χ0v) is 17.6. The molecule has 4 heterocycles. The second kappa shape index (κ2) is 8.31. The molecular formula is C23H28N6O2. The first kappa shape index (κ1) is 20.0. The average molecular weight is 421 g/mol. The summed E-state index contributed by atoms with van der Waals surface area (Å²) < 4.78 is 2.28. The van der Waals surface area contributed by atoms with Gasteiger partial charge in [0, 0.05) is 30.6 Å². The van der Waals surface area contributed by atoms with Crippen LogP contribution in [0.15, 0.2) is 18.5 Å². The van der Waals surface area contributed by atoms with Gasteiger partial charge >= 0.3 is 0 Å². The number of fused-ring (bicyclic) bond motifs is 3. The van der Waals surface area contributed by atoms with Gasteiger partial charge < -0.3 is 19.6 Å². The molecule has 3 aromatic rings. The Balaban J connectivity index is 1.52. The fraction of sp³-hybridized carbons (Fsp3) is 0.565. The van der Waals surface area contributed by atoms with Crippen LogP contribution in [0.4, 0.5) is 0 Å². The van der Waals surface area contributed by atoms with Crippen LogP contribution in [0, 0.1) is 17.2 Å². The number of aromatic amines is 1. The Labute approximate surface area is 180 Å². The maximum atomic E-state index is 13.2. The third-order valence-electron chi connectivity index (χ3n) is 7.09. The molecule has 2 fully saturated rings. The highest BCUT2D eigenvalue weighted by Gasteiger charge is 2.31. The van der Waals surface area contributed by atoms with Gasteiger partial charge in [-0.25, -0.2) is 9.97 Å². The molecule has 0 spiro atoms. The number of hydrogen-bond donors (Lipinski definition) is 2. The highest BCUT2D eigenvalue weighted by atomic mass is 16.3. The minimum Gasteiger partial charge on any atom is -0.394 e. The van der Waals surface area contributed by atoms with Gasteiger partial charge in [-0.2, -0.15) is 5.26 Å². The molecule has 1 saturated heterocycles. The first-order valence-corrected chi connectivity index (χ1v) is 11.3. The van der Waals surface area contributed by atoms with Gasteiger partial charge in [-0.3, -0.25) is 4.79 Å². The molecule has 1 saturated carbocycles. The van der Waals surface area contributed by atoms with E-state index in [2.05, 4.69) is 20.6 Å². The standard InChI is InChI=1S/C23H28N6O2/c24-9-7-15-3-5-16(6-4-15)29-20(12-21(31)28-11-1-2-17(28)14-30)27-19-13-26-23-18(22(19)29)8-10-25-23/h8,10,13,15-17,30H,1-7,11-12,14H2,(H,25,26)/t15-,16-,17-/m0/s1. The predicted molar refractivity (Wildman–Crippen MR) is 116 cm³/mol. The van der Waals surface area contributed by atoms with E-state index in [4.69, 9.17) is 10.2 Å². The minimum atomic E-state index is -0.0789. The van der Waals surface area contributed by atoms with Crippen molar-refractivity contribution in [3.8, 4) is 6.07 Å². The van der Waals surface area contributed by atoms with E-state index in [0.717, 1.165) is 66.4 Å². The molecule has 2 aliphatic rings. The number of aliphatic hydroxyl groups excluding tert-OH is 1. The molecule has 1 aliphatic heterocycles. The van der Waals surface area contributed by atoms with Crippen molar-refractivity contribution in [3.63, 3.8) is 0 Å². The Bertz CT molecular complexity index is 1130. The molecular weight excluding hydrogens is 392 g/mol. The van der Waals surface area contributed by atoms with E-state index >= 15 is 0 Å². The molecule has 5 rings (SSSR count). The molecule has 8 nitrogen and oxygen atoms in total. The van der Waals surface area contributed by atoms with Crippen LogP contribution >= 0.6 is 0 Å². The highest BCUT2D eigenvalue weighted by Crippen LogP contribution is 2.38. The average Bonchev–Trinajstić information content (AvgIpc) is 3.51. The van der Waals surface area contributed by atoms with Crippen molar-refractivity contribution in [2.45, 2.75) is 63.5 Å². The van der Waals surface area contributed by atoms with Gasteiger partial charge in [0.2, 0.25) is 5.91 Å². The molecule has 31 heavy (non-hydrogen) atoms. The van der Waals surface area contributed by atoms with Crippen molar-refractivity contribution < 1.29 is 9.90 Å². The number of nitrogens with zero attached hydrogens (tertiary/aromatic N) is 5. The monoisotopic (exact) mass is 420 g/mol. The van der Waals surface area contributed by atoms with Crippen molar-refractivity contribution in [1.82, 2.24) is 24.4 Å². The summed E-state index contributed by atoms with van der Waals surface area (Å²) in [6, 6.07) is 4.52. The van der Waals surface area contributed by atoms with Crippen molar-refractivity contribution in [2.24, 2.45) is 5.92 Å². The van der Waals surface area contributed by atoms with Gasteiger partial charge in [-0.05, 0) is 50.5 Å². The van der Waals surface area contributed by atoms with Gasteiger partial charge in [0.15, 0.2) is 0 Å². The molecule has 8 heteroatoms. The van der Waals surface area contributed by atoms with Crippen LogP contribution in [-0.2, 0) is 11.2 Å². The van der Waals surface area contributed by atoms with E-state index in [1.165, 1.54) is 0 Å². The number of carbonyl (C=O) groups excluding carboxylic acids is 1. The van der Waals surface area contributed by atoms with Crippen LogP contribution in [0.1, 0.15) is 56.8 Å². The predicted octanol–water partition coefficient (Wildman–Crippen LogP) is 3.08. The molecule has 162 valence electrons. The molecule has 2 N–H and O–H groups in total. The van der Waals surface area contributed by atoms with E-state index in [1.807, 2.05) is 17.2 Å². The molecule has 1 aliphatic carbocycles. The topological polar surface area (TPSA) is 111 Å². The lowest BCUT2D eigenvalue weighted by molar-refractivity contribution is -0.132. The first-order chi connectivity index (χ1) is 15.2. The van der Waals surface area contributed by atoms with Gasteiger partial charge in [-0.1, -0.05) is 0 Å². The summed E-state index contributed by atoms with van der Waals surface area (Å²) in [6.45, 7) is 0.714. The number of amides is 1. The molecule has 0 bridgehead atoms. The van der Waals surface area contributed by atoms with E-state index in [9.17, 15) is 9.90 Å². The number of aromatic nitrogens is 4. The summed E-state index contributed by atoms with van der Waals surface area (Å²) >= 11 is 0. The van der Waals surface area contributed by atoms with Crippen LogP contribution in [-0.4, -0.2) is 54.6 Å². The largest absolute Gasteiger partial charge is 0.394 e. The lowest BCUT2D eigenvalue weighted by Gasteiger charge is -2.30. The molecule has 0 aromatic carbocycles. The number of nitriles is 1. The molecule has 1 amide bonds. The summed E-state index contributed by atoms with van der Waals surface area (Å²) in [5.41, 5.74) is 2.68. The summed E-state index contributed by atoms with van der Waals surface area (Å²) in [4.78, 5) is 27.5. The third-order valence-corrected chi connectivity index (χ3v) is 7.09. The fourth-order valence-electron chi connectivity index (χ4n) is 5.49. The zero-order valence-electron chi connectivity index (χ0n) is 17.6. The number of carbonyl (C=O) groups is 1. The Hall–Kier alpha value is -2.92. The maximum Gasteiger partial charge on any atom is 0.230 e. The van der Waals surface area contributed by atoms with Crippen LogP contribution in [0.5, 0.6) is 0 Å². The zero-order chi connectivity index (χ0) is 21.4. The number of imidazole rings is 1. The number of nitrogens with one attached hydrogen (secondary N) is 1. The van der Waals surface area contributed by atoms with Crippen LogP contribution < -0.4 is 0 Å². The number of H-pyrrole nitrogens is 1. The summed E-state index contributed by atoms with van der Waals surface area (Å²) in [5, 5.41) is 19.7. The summed E-state index contributed by atoms with van der Waals surface area (Å²) in [6.07, 6.45) is 10.3. The molecule has 0 radical (unpaired) electrons. The fourth-order valence-corrected chi connectivity index (χ4v) is 5.49. The van der Waals surface area contributed by atoms with Gasteiger partial charge in [0.1, 0.15) is 17.0 Å². The normalized spacial score (nSPS) is 24.1. The number of rotatable bonds is 5. The summed E-state index contributed by atoms with van der Waals surface area (Å²) in [7, 11) is 0. The number of pyridine rings is 1. The van der Waals surface area contributed by atoms with Crippen LogP contribution in [0.3, 0.4) is 0 Å². The van der Waals surface area contributed by atoms with Gasteiger partial charge in [-0.15, -0.1) is 0 Å². The van der Waals surface area contributed by atoms with E-state index in [-0.39, 0.29) is 31.0 Å². The van der Waals surface area contributed by atoms with E-state index in [0.29, 0.717) is 18.9 Å². The van der Waals surface area contributed by atoms with Gasteiger partial charge in [0.05, 0.1) is 36.9 Å². The van der Waals surface area contributed by atoms with Crippen molar-refractivity contribution in [3.05, 3.63) is 24.3 Å². The van der Waals surface area contributed by atoms with Crippen molar-refractivity contribution in [1.29, 1.82) is 5.26 Å². The van der Waals surface area contributed by atoms with E-state index in [1.54, 1.807) is 6.20 Å². The van der Waals surface area contributed by atoms with Crippen molar-refractivity contribution in [2.75, 3.05) is 13.2 Å². The Morgan fingerprint density at radius 1 is 1.29 bits per heavy atom. The lowest BCUT2D eigenvalue weighted by Crippen LogP contribution is -2.39. The van der Waals surface area contributed by atoms with E-state index < -0.39 is 0 Å². The Morgan fingerprint density at radius 2 is 2.13 bits per heavy atom.